The van der Waals surface area contributed by atoms with E-state index in [9.17, 15) is 4.79 Å². The van der Waals surface area contributed by atoms with Gasteiger partial charge in [-0.1, -0.05) is 0 Å². The van der Waals surface area contributed by atoms with Crippen LogP contribution in [0.5, 0.6) is 0 Å². The molecule has 0 bridgehead atoms. The maximum atomic E-state index is 10.7. The molecule has 1 aliphatic heterocycles. The van der Waals surface area contributed by atoms with Crippen molar-refractivity contribution >= 4 is 5.97 Å². The van der Waals surface area contributed by atoms with Gasteiger partial charge in [-0.05, 0) is 20.0 Å². The van der Waals surface area contributed by atoms with Gasteiger partial charge in [-0.15, -0.1) is 0 Å². The van der Waals surface area contributed by atoms with E-state index in [2.05, 4.69) is 4.90 Å². The average molecular weight is 173 g/mol. The Morgan fingerprint density at radius 3 is 2.75 bits per heavy atom. The number of carboxylic acids is 1. The second kappa shape index (κ2) is 3.87. The molecular weight excluding hydrogens is 158 g/mol. The number of methoxy groups -OCH3 is 1. The molecule has 4 nitrogen and oxygen atoms in total. The fraction of sp³-hybridized carbons (Fsp3) is 0.875. The van der Waals surface area contributed by atoms with Crippen LogP contribution in [0.25, 0.3) is 0 Å². The summed E-state index contributed by atoms with van der Waals surface area (Å²) >= 11 is 0. The number of hydrogen-bond acceptors (Lipinski definition) is 3. The third-order valence-electron chi connectivity index (χ3n) is 2.35. The molecule has 1 rings (SSSR count). The molecule has 1 saturated heterocycles. The van der Waals surface area contributed by atoms with Crippen LogP contribution < -0.4 is 0 Å². The quantitative estimate of drug-likeness (QED) is 0.654. The second-order valence-corrected chi connectivity index (χ2v) is 3.31. The summed E-state index contributed by atoms with van der Waals surface area (Å²) in [6.45, 7) is 1.79. The molecule has 0 aliphatic carbocycles. The van der Waals surface area contributed by atoms with Gasteiger partial charge in [0, 0.05) is 19.6 Å². The third-order valence-corrected chi connectivity index (χ3v) is 2.35. The minimum Gasteiger partial charge on any atom is -0.479 e. The Kier molecular flexibility index (Phi) is 3.05. The summed E-state index contributed by atoms with van der Waals surface area (Å²) in [7, 11) is 3.45. The third kappa shape index (κ3) is 1.95. The summed E-state index contributed by atoms with van der Waals surface area (Å²) in [5, 5.41) is 8.78. The molecule has 2 unspecified atom stereocenters. The van der Waals surface area contributed by atoms with Crippen molar-refractivity contribution in [2.75, 3.05) is 27.2 Å². The van der Waals surface area contributed by atoms with E-state index in [0.29, 0.717) is 0 Å². The predicted octanol–water partition coefficient (Wildman–Crippen LogP) is 0.0377. The standard InChI is InChI=1S/C8H15NO3/c1-9-4-3-6(5-9)7(12-2)8(10)11/h6-7H,3-5H2,1-2H3,(H,10,11). The number of likely N-dealkylation sites (tertiary alicyclic amines) is 1. The number of aliphatic carboxylic acids is 1. The molecule has 1 heterocycles. The van der Waals surface area contributed by atoms with E-state index in [1.54, 1.807) is 0 Å². The van der Waals surface area contributed by atoms with Gasteiger partial charge in [0.1, 0.15) is 0 Å². The molecule has 0 aromatic heterocycles. The van der Waals surface area contributed by atoms with Crippen LogP contribution in [0, 0.1) is 5.92 Å². The summed E-state index contributed by atoms with van der Waals surface area (Å²) in [6, 6.07) is 0. The van der Waals surface area contributed by atoms with E-state index in [4.69, 9.17) is 9.84 Å². The second-order valence-electron chi connectivity index (χ2n) is 3.31. The van der Waals surface area contributed by atoms with Crippen molar-refractivity contribution in [3.8, 4) is 0 Å². The molecule has 1 N–H and O–H groups in total. The van der Waals surface area contributed by atoms with Crippen molar-refractivity contribution in [3.05, 3.63) is 0 Å². The maximum absolute atomic E-state index is 10.7. The molecule has 0 amide bonds. The SMILES string of the molecule is COC(C(=O)O)C1CCN(C)C1. The van der Waals surface area contributed by atoms with Crippen LogP contribution in [0.2, 0.25) is 0 Å². The monoisotopic (exact) mass is 173 g/mol. The van der Waals surface area contributed by atoms with Gasteiger partial charge in [-0.2, -0.15) is 0 Å². The molecule has 2 atom stereocenters. The van der Waals surface area contributed by atoms with Crippen molar-refractivity contribution in [1.29, 1.82) is 0 Å². The van der Waals surface area contributed by atoms with E-state index in [-0.39, 0.29) is 5.92 Å². The molecule has 0 aromatic carbocycles. The van der Waals surface area contributed by atoms with Crippen LogP contribution in [-0.2, 0) is 9.53 Å². The first-order valence-corrected chi connectivity index (χ1v) is 4.09. The van der Waals surface area contributed by atoms with E-state index in [1.165, 1.54) is 7.11 Å². The smallest absolute Gasteiger partial charge is 0.333 e. The predicted molar refractivity (Wildman–Crippen MR) is 44.0 cm³/mol. The van der Waals surface area contributed by atoms with Gasteiger partial charge in [0.25, 0.3) is 0 Å². The van der Waals surface area contributed by atoms with Gasteiger partial charge in [0.05, 0.1) is 0 Å². The van der Waals surface area contributed by atoms with Crippen LogP contribution in [0.15, 0.2) is 0 Å². The van der Waals surface area contributed by atoms with E-state index in [1.807, 2.05) is 7.05 Å². The zero-order valence-corrected chi connectivity index (χ0v) is 7.49. The highest BCUT2D eigenvalue weighted by atomic mass is 16.5. The molecular formula is C8H15NO3. The lowest BCUT2D eigenvalue weighted by Crippen LogP contribution is -2.32. The lowest BCUT2D eigenvalue weighted by molar-refractivity contribution is -0.151. The highest BCUT2D eigenvalue weighted by molar-refractivity contribution is 5.72. The lowest BCUT2D eigenvalue weighted by atomic mass is 10.0. The van der Waals surface area contributed by atoms with Crippen molar-refractivity contribution in [2.45, 2.75) is 12.5 Å². The molecule has 12 heavy (non-hydrogen) atoms. The van der Waals surface area contributed by atoms with Crippen LogP contribution in [0.4, 0.5) is 0 Å². The highest BCUT2D eigenvalue weighted by Crippen LogP contribution is 2.20. The summed E-state index contributed by atoms with van der Waals surface area (Å²) < 4.78 is 4.92. The molecule has 0 aromatic rings. The zero-order valence-electron chi connectivity index (χ0n) is 7.49. The van der Waals surface area contributed by atoms with Crippen molar-refractivity contribution in [1.82, 2.24) is 4.90 Å². The molecule has 0 spiro atoms. The molecule has 0 saturated carbocycles. The van der Waals surface area contributed by atoms with Gasteiger partial charge in [-0.25, -0.2) is 4.79 Å². The first kappa shape index (κ1) is 9.48. The minimum absolute atomic E-state index is 0.150. The summed E-state index contributed by atoms with van der Waals surface area (Å²) in [6.07, 6.45) is 0.288. The van der Waals surface area contributed by atoms with Gasteiger partial charge in [0.15, 0.2) is 6.10 Å². The molecule has 1 aliphatic rings. The van der Waals surface area contributed by atoms with Crippen LogP contribution in [0.1, 0.15) is 6.42 Å². The average Bonchev–Trinajstić information content (AvgIpc) is 2.37. The number of nitrogens with zero attached hydrogens (tertiary/aromatic N) is 1. The Morgan fingerprint density at radius 1 is 1.75 bits per heavy atom. The molecule has 70 valence electrons. The van der Waals surface area contributed by atoms with Crippen molar-refractivity contribution < 1.29 is 14.6 Å². The minimum atomic E-state index is -0.849. The molecule has 0 radical (unpaired) electrons. The Labute approximate surface area is 72.1 Å². The Balaban J connectivity index is 2.49. The summed E-state index contributed by atoms with van der Waals surface area (Å²) in [5.74, 6) is -0.699. The first-order chi connectivity index (χ1) is 5.65. The van der Waals surface area contributed by atoms with Gasteiger partial charge in [0.2, 0.25) is 0 Å². The Bertz CT molecular complexity index is 172. The maximum Gasteiger partial charge on any atom is 0.333 e. The normalized spacial score (nSPS) is 27.3. The van der Waals surface area contributed by atoms with Crippen LogP contribution >= 0.6 is 0 Å². The topological polar surface area (TPSA) is 49.8 Å². The lowest BCUT2D eigenvalue weighted by Gasteiger charge is -2.17. The van der Waals surface area contributed by atoms with E-state index < -0.39 is 12.1 Å². The Hall–Kier alpha value is -0.610. The fourth-order valence-electron chi connectivity index (χ4n) is 1.71. The highest BCUT2D eigenvalue weighted by Gasteiger charge is 2.32. The molecule has 1 fully saturated rings. The number of ether oxygens (including phenoxy) is 1. The van der Waals surface area contributed by atoms with Crippen molar-refractivity contribution in [2.24, 2.45) is 5.92 Å². The summed E-state index contributed by atoms with van der Waals surface area (Å²) in [4.78, 5) is 12.8. The number of carboxylic acid groups (broad SMARTS) is 1. The van der Waals surface area contributed by atoms with Crippen LogP contribution in [0.3, 0.4) is 0 Å². The number of hydrogen-bond donors (Lipinski definition) is 1. The van der Waals surface area contributed by atoms with Gasteiger partial charge >= 0.3 is 5.97 Å². The zero-order chi connectivity index (χ0) is 9.14. The number of carbonyl (C=O) groups is 1. The van der Waals surface area contributed by atoms with Crippen LogP contribution in [-0.4, -0.2) is 49.3 Å². The first-order valence-electron chi connectivity index (χ1n) is 4.09. The Morgan fingerprint density at radius 2 is 2.42 bits per heavy atom. The molecule has 4 heteroatoms. The van der Waals surface area contributed by atoms with E-state index >= 15 is 0 Å². The summed E-state index contributed by atoms with van der Waals surface area (Å²) in [5.41, 5.74) is 0. The van der Waals surface area contributed by atoms with Crippen molar-refractivity contribution in [3.63, 3.8) is 0 Å². The largest absolute Gasteiger partial charge is 0.479 e. The van der Waals surface area contributed by atoms with Gasteiger partial charge < -0.3 is 14.7 Å². The van der Waals surface area contributed by atoms with Gasteiger partial charge in [-0.3, -0.25) is 0 Å². The van der Waals surface area contributed by atoms with E-state index in [0.717, 1.165) is 19.5 Å². The fourth-order valence-corrected chi connectivity index (χ4v) is 1.71. The number of rotatable bonds is 3.